The Morgan fingerprint density at radius 1 is 1.47 bits per heavy atom. The average Bonchev–Trinajstić information content (AvgIpc) is 2.68. The summed E-state index contributed by atoms with van der Waals surface area (Å²) in [5.74, 6) is 0.0549. The molecule has 1 aliphatic rings. The molecule has 0 bridgehead atoms. The summed E-state index contributed by atoms with van der Waals surface area (Å²) in [4.78, 5) is 12.7. The Morgan fingerprint density at radius 2 is 2.18 bits per heavy atom. The van der Waals surface area contributed by atoms with Gasteiger partial charge in [-0.3, -0.25) is 4.79 Å². The summed E-state index contributed by atoms with van der Waals surface area (Å²) in [5.41, 5.74) is 1.01. The molecule has 1 aromatic rings. The number of amides is 1. The molecule has 0 spiro atoms. The number of hydrogen-bond donors (Lipinski definition) is 2. The van der Waals surface area contributed by atoms with Crippen LogP contribution in [0.2, 0.25) is 0 Å². The van der Waals surface area contributed by atoms with Gasteiger partial charge in [0.15, 0.2) is 0 Å². The highest BCUT2D eigenvalue weighted by Crippen LogP contribution is 2.13. The number of nitrogens with one attached hydrogen (secondary N) is 1. The minimum Gasteiger partial charge on any atom is -0.376 e. The highest BCUT2D eigenvalue weighted by atomic mass is 32.1. The minimum atomic E-state index is 0.0549. The highest BCUT2D eigenvalue weighted by molar-refractivity contribution is 7.80. The van der Waals surface area contributed by atoms with E-state index in [2.05, 4.69) is 17.9 Å². The van der Waals surface area contributed by atoms with Crippen molar-refractivity contribution in [2.45, 2.75) is 36.8 Å². The van der Waals surface area contributed by atoms with Crippen molar-refractivity contribution < 1.29 is 9.53 Å². The first-order chi connectivity index (χ1) is 8.15. The third-order valence-electron chi connectivity index (χ3n) is 3.02. The molecule has 2 rings (SSSR count). The van der Waals surface area contributed by atoms with Crippen LogP contribution in [-0.4, -0.2) is 24.7 Å². The Labute approximate surface area is 107 Å². The second kappa shape index (κ2) is 5.56. The van der Waals surface area contributed by atoms with Crippen molar-refractivity contribution in [3.63, 3.8) is 0 Å². The summed E-state index contributed by atoms with van der Waals surface area (Å²) < 4.78 is 5.41. The molecule has 0 aromatic heterocycles. The standard InChI is InChI=1S/C13H17NO2S/c1-9-12(6-7-16-9)14-13(15)8-10-2-4-11(17)5-3-10/h2-5,9,12,17H,6-8H2,1H3,(H,14,15). The average molecular weight is 251 g/mol. The molecule has 0 radical (unpaired) electrons. The van der Waals surface area contributed by atoms with Crippen LogP contribution in [0.4, 0.5) is 0 Å². The van der Waals surface area contributed by atoms with Crippen LogP contribution in [0.25, 0.3) is 0 Å². The molecule has 1 saturated heterocycles. The summed E-state index contributed by atoms with van der Waals surface area (Å²) in [6, 6.07) is 7.80. The summed E-state index contributed by atoms with van der Waals surface area (Å²) in [5, 5.41) is 3.01. The molecule has 0 saturated carbocycles. The van der Waals surface area contributed by atoms with E-state index in [1.165, 1.54) is 0 Å². The molecule has 92 valence electrons. The summed E-state index contributed by atoms with van der Waals surface area (Å²) in [6.07, 6.45) is 1.44. The minimum absolute atomic E-state index is 0.0549. The van der Waals surface area contributed by atoms with E-state index in [-0.39, 0.29) is 18.1 Å². The maximum atomic E-state index is 11.8. The maximum Gasteiger partial charge on any atom is 0.224 e. The van der Waals surface area contributed by atoms with Crippen molar-refractivity contribution >= 4 is 18.5 Å². The molecule has 0 aliphatic carbocycles. The van der Waals surface area contributed by atoms with Gasteiger partial charge in [0.05, 0.1) is 18.6 Å². The van der Waals surface area contributed by atoms with Crippen LogP contribution in [0.5, 0.6) is 0 Å². The molecule has 4 heteroatoms. The third kappa shape index (κ3) is 3.48. The first-order valence-corrected chi connectivity index (χ1v) is 6.29. The zero-order valence-corrected chi connectivity index (χ0v) is 10.7. The molecule has 1 amide bonds. The van der Waals surface area contributed by atoms with Crippen molar-refractivity contribution in [3.05, 3.63) is 29.8 Å². The zero-order valence-electron chi connectivity index (χ0n) is 9.85. The number of thiol groups is 1. The lowest BCUT2D eigenvalue weighted by molar-refractivity contribution is -0.121. The van der Waals surface area contributed by atoms with E-state index in [9.17, 15) is 4.79 Å². The van der Waals surface area contributed by atoms with Crippen molar-refractivity contribution in [3.8, 4) is 0 Å². The van der Waals surface area contributed by atoms with Gasteiger partial charge in [0.2, 0.25) is 5.91 Å². The van der Waals surface area contributed by atoms with Crippen molar-refractivity contribution in [2.75, 3.05) is 6.61 Å². The van der Waals surface area contributed by atoms with E-state index in [0.717, 1.165) is 23.5 Å². The Hall–Kier alpha value is -1.00. The lowest BCUT2D eigenvalue weighted by Gasteiger charge is -2.15. The zero-order chi connectivity index (χ0) is 12.3. The van der Waals surface area contributed by atoms with Crippen molar-refractivity contribution in [1.82, 2.24) is 5.32 Å². The Kier molecular flexibility index (Phi) is 4.07. The molecule has 2 atom stereocenters. The largest absolute Gasteiger partial charge is 0.376 e. The van der Waals surface area contributed by atoms with E-state index in [1.54, 1.807) is 0 Å². The van der Waals surface area contributed by atoms with E-state index < -0.39 is 0 Å². The van der Waals surface area contributed by atoms with Crippen LogP contribution in [0, 0.1) is 0 Å². The highest BCUT2D eigenvalue weighted by Gasteiger charge is 2.25. The summed E-state index contributed by atoms with van der Waals surface area (Å²) in [7, 11) is 0. The van der Waals surface area contributed by atoms with Gasteiger partial charge >= 0.3 is 0 Å². The molecule has 3 nitrogen and oxygen atoms in total. The predicted molar refractivity (Wildman–Crippen MR) is 69.4 cm³/mol. The third-order valence-corrected chi connectivity index (χ3v) is 3.32. The Balaban J connectivity index is 1.86. The molecule has 17 heavy (non-hydrogen) atoms. The van der Waals surface area contributed by atoms with Crippen LogP contribution in [0.3, 0.4) is 0 Å². The number of benzene rings is 1. The van der Waals surface area contributed by atoms with Gasteiger partial charge < -0.3 is 10.1 Å². The Morgan fingerprint density at radius 3 is 2.76 bits per heavy atom. The van der Waals surface area contributed by atoms with Gasteiger partial charge in [-0.25, -0.2) is 0 Å². The monoisotopic (exact) mass is 251 g/mol. The molecular formula is C13H17NO2S. The van der Waals surface area contributed by atoms with E-state index in [0.29, 0.717) is 6.42 Å². The van der Waals surface area contributed by atoms with Crippen LogP contribution in [-0.2, 0) is 16.0 Å². The second-order valence-corrected chi connectivity index (χ2v) is 4.90. The fourth-order valence-corrected chi connectivity index (χ4v) is 2.13. The molecule has 1 fully saturated rings. The topological polar surface area (TPSA) is 38.3 Å². The van der Waals surface area contributed by atoms with Crippen LogP contribution < -0.4 is 5.32 Å². The van der Waals surface area contributed by atoms with E-state index in [4.69, 9.17) is 4.74 Å². The van der Waals surface area contributed by atoms with Gasteiger partial charge in [0, 0.05) is 11.5 Å². The van der Waals surface area contributed by atoms with Crippen LogP contribution in [0.15, 0.2) is 29.2 Å². The number of rotatable bonds is 3. The second-order valence-electron chi connectivity index (χ2n) is 4.38. The molecular weight excluding hydrogens is 234 g/mol. The number of hydrogen-bond acceptors (Lipinski definition) is 3. The fourth-order valence-electron chi connectivity index (χ4n) is 1.98. The van der Waals surface area contributed by atoms with E-state index in [1.807, 2.05) is 31.2 Å². The molecule has 1 heterocycles. The van der Waals surface area contributed by atoms with Crippen molar-refractivity contribution in [2.24, 2.45) is 0 Å². The number of carbonyl (C=O) groups excluding carboxylic acids is 1. The lowest BCUT2D eigenvalue weighted by atomic mass is 10.1. The van der Waals surface area contributed by atoms with Crippen molar-refractivity contribution in [1.29, 1.82) is 0 Å². The first-order valence-electron chi connectivity index (χ1n) is 5.84. The van der Waals surface area contributed by atoms with Gasteiger partial charge in [-0.15, -0.1) is 12.6 Å². The lowest BCUT2D eigenvalue weighted by Crippen LogP contribution is -2.39. The van der Waals surface area contributed by atoms with Crippen LogP contribution >= 0.6 is 12.6 Å². The number of ether oxygens (including phenoxy) is 1. The van der Waals surface area contributed by atoms with Gasteiger partial charge in [-0.05, 0) is 31.0 Å². The summed E-state index contributed by atoms with van der Waals surface area (Å²) >= 11 is 4.21. The number of carbonyl (C=O) groups is 1. The fraction of sp³-hybridized carbons (Fsp3) is 0.462. The normalized spacial score (nSPS) is 23.6. The SMILES string of the molecule is CC1OCCC1NC(=O)Cc1ccc(S)cc1. The predicted octanol–water partition coefficient (Wildman–Crippen LogP) is 1.81. The first kappa shape index (κ1) is 12.5. The van der Waals surface area contributed by atoms with E-state index >= 15 is 0 Å². The van der Waals surface area contributed by atoms with Crippen LogP contribution in [0.1, 0.15) is 18.9 Å². The van der Waals surface area contributed by atoms with Gasteiger partial charge in [0.25, 0.3) is 0 Å². The maximum absolute atomic E-state index is 11.8. The molecule has 1 N–H and O–H groups in total. The Bertz CT molecular complexity index is 391. The van der Waals surface area contributed by atoms with Gasteiger partial charge in [-0.1, -0.05) is 12.1 Å². The molecule has 1 aliphatic heterocycles. The van der Waals surface area contributed by atoms with Gasteiger partial charge in [-0.2, -0.15) is 0 Å². The molecule has 2 unspecified atom stereocenters. The molecule has 1 aromatic carbocycles. The summed E-state index contributed by atoms with van der Waals surface area (Å²) in [6.45, 7) is 2.73. The quantitative estimate of drug-likeness (QED) is 0.804. The smallest absolute Gasteiger partial charge is 0.224 e. The van der Waals surface area contributed by atoms with Gasteiger partial charge in [0.1, 0.15) is 0 Å².